The van der Waals surface area contributed by atoms with Gasteiger partial charge in [0.05, 0.1) is 0 Å². The molecular formula is C5H6BrNO2S. The van der Waals surface area contributed by atoms with Gasteiger partial charge in [0.2, 0.25) is 0 Å². The molecule has 0 fully saturated rings. The number of rotatable bonds is 3. The fourth-order valence-electron chi connectivity index (χ4n) is 0.522. The van der Waals surface area contributed by atoms with Gasteiger partial charge >= 0.3 is 0 Å². The van der Waals surface area contributed by atoms with Gasteiger partial charge in [-0.2, -0.15) is 5.90 Å². The minimum atomic E-state index is 0.396. The van der Waals surface area contributed by atoms with Crippen molar-refractivity contribution < 1.29 is 9.88 Å². The van der Waals surface area contributed by atoms with Gasteiger partial charge in [0.1, 0.15) is 6.61 Å². The molecule has 0 atom stereocenters. The van der Waals surface area contributed by atoms with Gasteiger partial charge in [-0.05, 0) is 22.0 Å². The summed E-state index contributed by atoms with van der Waals surface area (Å²) >= 11 is 4.89. The third-order valence-corrected chi connectivity index (χ3v) is 2.56. The van der Waals surface area contributed by atoms with Gasteiger partial charge < -0.3 is 0 Å². The van der Waals surface area contributed by atoms with Crippen LogP contribution >= 0.6 is 27.3 Å². The summed E-state index contributed by atoms with van der Waals surface area (Å²) in [5.74, 6) is 4.65. The van der Waals surface area contributed by atoms with Crippen molar-refractivity contribution >= 4 is 27.3 Å². The first-order valence-corrected chi connectivity index (χ1v) is 4.21. The summed E-state index contributed by atoms with van der Waals surface area (Å²) in [7, 11) is 0. The quantitative estimate of drug-likeness (QED) is 0.629. The molecule has 0 aliphatic carbocycles. The number of hydrogen-bond acceptors (Lipinski definition) is 4. The van der Waals surface area contributed by atoms with E-state index in [4.69, 9.17) is 0 Å². The summed E-state index contributed by atoms with van der Waals surface area (Å²) in [4.78, 5) is 9.51. The van der Waals surface area contributed by atoms with E-state index in [0.717, 1.165) is 9.35 Å². The fraction of sp³-hybridized carbons (Fsp3) is 0.200. The van der Waals surface area contributed by atoms with E-state index < -0.39 is 0 Å². The molecule has 0 saturated heterocycles. The molecule has 5 heteroatoms. The third-order valence-electron chi connectivity index (χ3n) is 0.891. The van der Waals surface area contributed by atoms with Crippen LogP contribution in [0.3, 0.4) is 0 Å². The predicted molar refractivity (Wildman–Crippen MR) is 42.1 cm³/mol. The van der Waals surface area contributed by atoms with Gasteiger partial charge in [0.25, 0.3) is 0 Å². The molecule has 1 heterocycles. The Morgan fingerprint density at radius 2 is 2.50 bits per heavy atom. The normalized spacial score (nSPS) is 10.2. The van der Waals surface area contributed by atoms with Crippen molar-refractivity contribution in [2.45, 2.75) is 6.61 Å². The van der Waals surface area contributed by atoms with Crippen LogP contribution in [0, 0.1) is 0 Å². The van der Waals surface area contributed by atoms with Crippen molar-refractivity contribution in [3.8, 4) is 0 Å². The van der Waals surface area contributed by atoms with Crippen LogP contribution in [0.15, 0.2) is 15.9 Å². The molecule has 0 aromatic carbocycles. The van der Waals surface area contributed by atoms with Crippen LogP contribution in [-0.4, -0.2) is 0 Å². The van der Waals surface area contributed by atoms with Gasteiger partial charge in [-0.3, -0.25) is 0 Å². The van der Waals surface area contributed by atoms with E-state index in [1.165, 1.54) is 0 Å². The van der Waals surface area contributed by atoms with Crippen molar-refractivity contribution in [1.82, 2.24) is 0 Å². The van der Waals surface area contributed by atoms with E-state index in [-0.39, 0.29) is 0 Å². The minimum Gasteiger partial charge on any atom is -0.213 e. The standard InChI is InChI=1S/C5H6BrNO2S/c6-4-1-5(10-3-4)2-8-9-7/h1,3H,2,7H2. The van der Waals surface area contributed by atoms with Crippen LogP contribution in [0.1, 0.15) is 4.88 Å². The van der Waals surface area contributed by atoms with Crippen LogP contribution in [0.5, 0.6) is 0 Å². The maximum Gasteiger partial charge on any atom is 0.118 e. The first kappa shape index (κ1) is 8.16. The predicted octanol–water partition coefficient (Wildman–Crippen LogP) is 1.83. The van der Waals surface area contributed by atoms with Crippen molar-refractivity contribution in [3.05, 3.63) is 20.8 Å². The third kappa shape index (κ3) is 2.36. The zero-order chi connectivity index (χ0) is 7.40. The lowest BCUT2D eigenvalue weighted by atomic mass is 10.5. The summed E-state index contributed by atoms with van der Waals surface area (Å²) in [5.41, 5.74) is 0. The van der Waals surface area contributed by atoms with Crippen LogP contribution in [0.25, 0.3) is 0 Å². The number of halogens is 1. The Kier molecular flexibility index (Phi) is 3.30. The van der Waals surface area contributed by atoms with E-state index in [1.54, 1.807) is 11.3 Å². The number of nitrogens with two attached hydrogens (primary N) is 1. The van der Waals surface area contributed by atoms with Crippen LogP contribution in [0.4, 0.5) is 0 Å². The Balaban J connectivity index is 2.42. The lowest BCUT2D eigenvalue weighted by molar-refractivity contribution is -0.308. The minimum absolute atomic E-state index is 0.396. The molecule has 3 nitrogen and oxygen atoms in total. The summed E-state index contributed by atoms with van der Waals surface area (Å²) in [6, 6.07) is 1.95. The summed E-state index contributed by atoms with van der Waals surface area (Å²) in [5, 5.41) is 1.97. The number of hydrogen-bond donors (Lipinski definition) is 1. The smallest absolute Gasteiger partial charge is 0.118 e. The van der Waals surface area contributed by atoms with Crippen LogP contribution < -0.4 is 5.90 Å². The first-order valence-electron chi connectivity index (χ1n) is 2.54. The number of thiophene rings is 1. The highest BCUT2D eigenvalue weighted by Gasteiger charge is 1.96. The second-order valence-corrected chi connectivity index (χ2v) is 3.50. The summed E-state index contributed by atoms with van der Waals surface area (Å²) in [6.07, 6.45) is 0. The van der Waals surface area contributed by atoms with Crippen molar-refractivity contribution in [2.24, 2.45) is 5.90 Å². The Bertz CT molecular complexity index is 203. The van der Waals surface area contributed by atoms with Gasteiger partial charge in [-0.25, -0.2) is 4.89 Å². The molecule has 1 aromatic heterocycles. The zero-order valence-corrected chi connectivity index (χ0v) is 7.44. The maximum absolute atomic E-state index is 4.65. The molecule has 56 valence electrons. The molecule has 1 aromatic rings. The monoisotopic (exact) mass is 223 g/mol. The fourth-order valence-corrected chi connectivity index (χ4v) is 1.87. The molecule has 0 amide bonds. The molecule has 10 heavy (non-hydrogen) atoms. The van der Waals surface area contributed by atoms with Gasteiger partial charge in [-0.1, -0.05) is 0 Å². The Morgan fingerprint density at radius 1 is 1.70 bits per heavy atom. The lowest BCUT2D eigenvalue weighted by Gasteiger charge is -1.92. The average Bonchev–Trinajstić information content (AvgIpc) is 2.31. The molecule has 0 spiro atoms. The average molecular weight is 224 g/mol. The molecule has 2 N–H and O–H groups in total. The SMILES string of the molecule is NOOCc1cc(Br)cs1. The van der Waals surface area contributed by atoms with Crippen molar-refractivity contribution in [2.75, 3.05) is 0 Å². The van der Waals surface area contributed by atoms with E-state index in [1.807, 2.05) is 11.4 Å². The van der Waals surface area contributed by atoms with Gasteiger partial charge in [-0.15, -0.1) is 16.3 Å². The zero-order valence-electron chi connectivity index (χ0n) is 5.04. The molecule has 1 rings (SSSR count). The van der Waals surface area contributed by atoms with E-state index >= 15 is 0 Å². The second-order valence-electron chi connectivity index (χ2n) is 1.59. The van der Waals surface area contributed by atoms with Crippen molar-refractivity contribution in [1.29, 1.82) is 0 Å². The topological polar surface area (TPSA) is 44.5 Å². The molecule has 0 radical (unpaired) electrons. The highest BCUT2D eigenvalue weighted by atomic mass is 79.9. The molecule has 0 aliphatic rings. The van der Waals surface area contributed by atoms with Gasteiger partial charge in [0.15, 0.2) is 0 Å². The second kappa shape index (κ2) is 4.05. The van der Waals surface area contributed by atoms with E-state index in [9.17, 15) is 0 Å². The Morgan fingerprint density at radius 3 is 3.00 bits per heavy atom. The van der Waals surface area contributed by atoms with Crippen molar-refractivity contribution in [3.63, 3.8) is 0 Å². The summed E-state index contributed by atoms with van der Waals surface area (Å²) in [6.45, 7) is 0.396. The Labute approximate surface area is 70.8 Å². The molecular weight excluding hydrogens is 218 g/mol. The molecule has 0 bridgehead atoms. The highest BCUT2D eigenvalue weighted by Crippen LogP contribution is 2.19. The maximum atomic E-state index is 4.65. The lowest BCUT2D eigenvalue weighted by Crippen LogP contribution is -1.99. The van der Waals surface area contributed by atoms with E-state index in [0.29, 0.717) is 6.61 Å². The molecule has 0 aliphatic heterocycles. The largest absolute Gasteiger partial charge is 0.213 e. The van der Waals surface area contributed by atoms with E-state index in [2.05, 4.69) is 31.7 Å². The van der Waals surface area contributed by atoms with Gasteiger partial charge in [0, 0.05) is 14.7 Å². The highest BCUT2D eigenvalue weighted by molar-refractivity contribution is 9.10. The molecule has 0 unspecified atom stereocenters. The Hall–Kier alpha value is 0.0600. The van der Waals surface area contributed by atoms with Crippen LogP contribution in [-0.2, 0) is 16.5 Å². The summed E-state index contributed by atoms with van der Waals surface area (Å²) < 4.78 is 1.05. The first-order chi connectivity index (χ1) is 4.83. The van der Waals surface area contributed by atoms with Crippen LogP contribution in [0.2, 0.25) is 0 Å². The molecule has 0 saturated carbocycles.